The van der Waals surface area contributed by atoms with E-state index < -0.39 is 0 Å². The topological polar surface area (TPSA) is 77.3 Å². The van der Waals surface area contributed by atoms with Crippen molar-refractivity contribution in [3.8, 4) is 22.8 Å². The number of hydrogen-bond acceptors (Lipinski definition) is 6. The Morgan fingerprint density at radius 3 is 0.846 bits per heavy atom. The predicted molar refractivity (Wildman–Crippen MR) is 218 cm³/mol. The highest BCUT2D eigenvalue weighted by molar-refractivity contribution is 6.42. The molecule has 0 atom stereocenters. The first-order valence-electron chi connectivity index (χ1n) is 18.4. The number of nitrogens with zero attached hydrogens (tertiary/aromatic N) is 6. The van der Waals surface area contributed by atoms with Crippen molar-refractivity contribution < 1.29 is 0 Å². The number of fused-ring (bicyclic) bond motifs is 6. The molecular weight excluding hydrogens is 637 g/mol. The molecule has 0 N–H and O–H groups in total. The van der Waals surface area contributed by atoms with Gasteiger partial charge < -0.3 is 0 Å². The summed E-state index contributed by atoms with van der Waals surface area (Å²) in [6.07, 6.45) is 0. The zero-order valence-electron chi connectivity index (χ0n) is 32.6. The normalized spacial score (nSPS) is 13.4. The van der Waals surface area contributed by atoms with Gasteiger partial charge >= 0.3 is 0 Å². The van der Waals surface area contributed by atoms with E-state index in [-0.39, 0.29) is 21.7 Å². The van der Waals surface area contributed by atoms with Crippen LogP contribution in [0.4, 0.5) is 0 Å². The van der Waals surface area contributed by atoms with E-state index in [1.807, 2.05) is 0 Å². The zero-order chi connectivity index (χ0) is 37.1. The quantitative estimate of drug-likeness (QED) is 0.133. The molecule has 0 unspecified atom stereocenters. The summed E-state index contributed by atoms with van der Waals surface area (Å²) in [7, 11) is 0. The van der Waals surface area contributed by atoms with Crippen molar-refractivity contribution in [2.45, 2.75) is 105 Å². The summed E-state index contributed by atoms with van der Waals surface area (Å²) in [5.41, 5.74) is 1.01. The van der Waals surface area contributed by atoms with E-state index in [0.717, 1.165) is 45.2 Å². The summed E-state index contributed by atoms with van der Waals surface area (Å²) in [6, 6.07) is 26.6. The zero-order valence-corrected chi connectivity index (χ0v) is 32.6. The fraction of sp³-hybridized carbons (Fsp3) is 0.348. The maximum absolute atomic E-state index is 5.22. The highest BCUT2D eigenvalue weighted by Gasteiger charge is 2.30. The molecule has 8 aromatic rings. The highest BCUT2D eigenvalue weighted by atomic mass is 15.1. The van der Waals surface area contributed by atoms with Crippen LogP contribution in [0.2, 0.25) is 0 Å². The molecule has 6 aromatic carbocycles. The molecule has 0 amide bonds. The molecule has 52 heavy (non-hydrogen) atoms. The van der Waals surface area contributed by atoms with E-state index in [1.165, 1.54) is 43.1 Å². The monoisotopic (exact) mass is 684 g/mol. The molecule has 8 rings (SSSR count). The van der Waals surface area contributed by atoms with E-state index in [4.69, 9.17) is 29.9 Å². The van der Waals surface area contributed by atoms with Gasteiger partial charge in [-0.05, 0) is 55.2 Å². The lowest BCUT2D eigenvalue weighted by molar-refractivity contribution is 0.497. The van der Waals surface area contributed by atoms with Gasteiger partial charge in [-0.3, -0.25) is 0 Å². The van der Waals surface area contributed by atoms with Crippen molar-refractivity contribution in [1.29, 1.82) is 0 Å². The van der Waals surface area contributed by atoms with Gasteiger partial charge in [0, 0.05) is 43.6 Å². The third-order valence-corrected chi connectivity index (χ3v) is 10.1. The minimum absolute atomic E-state index is 0.253. The van der Waals surface area contributed by atoms with E-state index in [2.05, 4.69) is 156 Å². The van der Waals surface area contributed by atoms with Crippen LogP contribution < -0.4 is 0 Å². The molecule has 0 aliphatic heterocycles. The number of rotatable bonds is 2. The van der Waals surface area contributed by atoms with Crippen molar-refractivity contribution >= 4 is 53.9 Å². The van der Waals surface area contributed by atoms with Gasteiger partial charge in [-0.1, -0.05) is 144 Å². The molecule has 0 fully saturated rings. The molecule has 0 aliphatic rings. The second-order valence-corrected chi connectivity index (χ2v) is 18.5. The van der Waals surface area contributed by atoms with Crippen molar-refractivity contribution in [2.24, 2.45) is 0 Å². The minimum Gasteiger partial charge on any atom is -0.217 e. The number of aromatic nitrogens is 6. The Labute approximate surface area is 306 Å². The molecule has 0 saturated heterocycles. The van der Waals surface area contributed by atoms with E-state index in [9.17, 15) is 0 Å². The molecular formula is C46H48N6. The number of benzene rings is 6. The lowest BCUT2D eigenvalue weighted by Gasteiger charge is -2.25. The fourth-order valence-corrected chi connectivity index (χ4v) is 7.31. The Hall–Kier alpha value is -5.10. The molecule has 262 valence electrons. The molecule has 0 spiro atoms. The fourth-order valence-electron chi connectivity index (χ4n) is 7.31. The van der Waals surface area contributed by atoms with Gasteiger partial charge in [0.15, 0.2) is 11.6 Å². The van der Waals surface area contributed by atoms with E-state index in [0.29, 0.717) is 11.6 Å². The van der Waals surface area contributed by atoms with E-state index in [1.54, 1.807) is 0 Å². The molecule has 0 radical (unpaired) electrons. The van der Waals surface area contributed by atoms with Gasteiger partial charge in [0.2, 0.25) is 0 Å². The summed E-state index contributed by atoms with van der Waals surface area (Å²) in [4.78, 5) is 30.9. The van der Waals surface area contributed by atoms with Crippen LogP contribution in [0.25, 0.3) is 76.6 Å². The summed E-state index contributed by atoms with van der Waals surface area (Å²) in [5.74, 6) is 4.60. The molecule has 6 nitrogen and oxygen atoms in total. The van der Waals surface area contributed by atoms with Gasteiger partial charge in [-0.15, -0.1) is 0 Å². The lowest BCUT2D eigenvalue weighted by atomic mass is 9.82. The van der Waals surface area contributed by atoms with Crippen molar-refractivity contribution in [1.82, 2.24) is 29.9 Å². The van der Waals surface area contributed by atoms with E-state index >= 15 is 0 Å². The molecule has 6 heteroatoms. The van der Waals surface area contributed by atoms with Crippen LogP contribution in [0.5, 0.6) is 0 Å². The maximum atomic E-state index is 5.22. The first-order chi connectivity index (χ1) is 24.3. The SMILES string of the molecule is CC(C)(C)c1nc(-c2ccc3c4ccccc4c4c(-c5nc(C(C)(C)C)nc(C(C)(C)C)n5)ccc5c6ccccc6c2c3c54)nc(C(C)(C)C)n1. The first kappa shape index (κ1) is 34.0. The highest BCUT2D eigenvalue weighted by Crippen LogP contribution is 2.49. The van der Waals surface area contributed by atoms with Crippen molar-refractivity contribution in [3.63, 3.8) is 0 Å². The number of hydrogen-bond donors (Lipinski definition) is 0. The Bertz CT molecular complexity index is 2460. The Morgan fingerprint density at radius 1 is 0.288 bits per heavy atom. The van der Waals surface area contributed by atoms with Crippen LogP contribution in [0, 0.1) is 0 Å². The van der Waals surface area contributed by atoms with Gasteiger partial charge in [0.1, 0.15) is 23.3 Å². The lowest BCUT2D eigenvalue weighted by Crippen LogP contribution is -2.24. The summed E-state index contributed by atoms with van der Waals surface area (Å²) in [5, 5.41) is 11.9. The van der Waals surface area contributed by atoms with Gasteiger partial charge in [0.05, 0.1) is 0 Å². The van der Waals surface area contributed by atoms with Crippen LogP contribution in [0.15, 0.2) is 72.8 Å². The van der Waals surface area contributed by atoms with Crippen LogP contribution in [-0.2, 0) is 21.7 Å². The minimum atomic E-state index is -0.253. The summed E-state index contributed by atoms with van der Waals surface area (Å²) < 4.78 is 0. The average Bonchev–Trinajstić information content (AvgIpc) is 3.09. The van der Waals surface area contributed by atoms with Gasteiger partial charge in [-0.25, -0.2) is 29.9 Å². The molecule has 0 bridgehead atoms. The molecule has 2 aromatic heterocycles. The van der Waals surface area contributed by atoms with Crippen LogP contribution in [0.3, 0.4) is 0 Å². The first-order valence-corrected chi connectivity index (χ1v) is 18.4. The van der Waals surface area contributed by atoms with Gasteiger partial charge in [-0.2, -0.15) is 0 Å². The van der Waals surface area contributed by atoms with Crippen LogP contribution in [0.1, 0.15) is 106 Å². The predicted octanol–water partition coefficient (Wildman–Crippen LogP) is 11.8. The largest absolute Gasteiger partial charge is 0.217 e. The third-order valence-electron chi connectivity index (χ3n) is 10.1. The average molecular weight is 685 g/mol. The smallest absolute Gasteiger partial charge is 0.164 e. The molecule has 0 saturated carbocycles. The second-order valence-electron chi connectivity index (χ2n) is 18.5. The van der Waals surface area contributed by atoms with Crippen molar-refractivity contribution in [3.05, 3.63) is 96.1 Å². The Morgan fingerprint density at radius 2 is 0.558 bits per heavy atom. The summed E-state index contributed by atoms with van der Waals surface area (Å²) in [6.45, 7) is 26.0. The summed E-state index contributed by atoms with van der Waals surface area (Å²) >= 11 is 0. The molecule has 0 aliphatic carbocycles. The van der Waals surface area contributed by atoms with Crippen LogP contribution >= 0.6 is 0 Å². The Balaban J connectivity index is 1.60. The second kappa shape index (κ2) is 11.2. The Kier molecular flexibility index (Phi) is 7.32. The van der Waals surface area contributed by atoms with Gasteiger partial charge in [0.25, 0.3) is 0 Å². The third kappa shape index (κ3) is 5.37. The molecule has 2 heterocycles. The van der Waals surface area contributed by atoms with Crippen molar-refractivity contribution in [2.75, 3.05) is 0 Å². The standard InChI is InChI=1S/C46H48N6/c1-43(2,3)39-47-37(48-40(51-39)44(4,5)6)31-23-21-29-26-18-14-16-20-28(26)34-32(38-49-41(45(7,8)9)52-42(50-38)46(10,11)12)24-22-30-25-17-13-15-19-27(25)33(31)35(29)36(30)34/h13-24H,1-12H3. The van der Waals surface area contributed by atoms with Crippen LogP contribution in [-0.4, -0.2) is 29.9 Å². The maximum Gasteiger partial charge on any atom is 0.164 e.